The van der Waals surface area contributed by atoms with Crippen molar-refractivity contribution in [2.24, 2.45) is 46.3 Å². The largest absolute Gasteiger partial charge is 0.516 e. The second-order valence-electron chi connectivity index (χ2n) is 18.3. The van der Waals surface area contributed by atoms with Gasteiger partial charge < -0.3 is 9.47 Å². The van der Waals surface area contributed by atoms with E-state index < -0.39 is 12.1 Å². The van der Waals surface area contributed by atoms with Gasteiger partial charge in [-0.15, -0.1) is 0 Å². The summed E-state index contributed by atoms with van der Waals surface area (Å²) >= 11 is 0. The average Bonchev–Trinajstić information content (AvgIpc) is 3.43. The zero-order chi connectivity index (χ0) is 36.0. The molecule has 0 N–H and O–H groups in total. The van der Waals surface area contributed by atoms with E-state index in [2.05, 4.69) is 59.8 Å². The summed E-state index contributed by atoms with van der Waals surface area (Å²) in [6.45, 7) is 14.7. The van der Waals surface area contributed by atoms with E-state index in [9.17, 15) is 9.59 Å². The standard InChI is InChI=1S/C46H78O4/c1-7-8-9-10-11-12-13-14-15-16-17-18-19-20-21-25-43(47)50-44(48)49-38-30-32-45(5)37(34-38)26-27-39-41-29-28-40(36(4)24-22-23-35(2)3)46(41,6)33-31-42(39)45/h14-15,26,35-36,38-42H,7-13,16-25,27-34H2,1-6H3/b15-14+/t36-,38+,39+,40-,41+,42+,45+,46-/m1/s1. The molecule has 0 aromatic rings. The lowest BCUT2D eigenvalue weighted by molar-refractivity contribution is -0.141. The van der Waals surface area contributed by atoms with Crippen molar-refractivity contribution in [3.05, 3.63) is 23.8 Å². The molecule has 0 unspecified atom stereocenters. The fourth-order valence-electron chi connectivity index (χ4n) is 11.4. The molecule has 0 bridgehead atoms. The Balaban J connectivity index is 1.11. The molecule has 8 atom stereocenters. The summed E-state index contributed by atoms with van der Waals surface area (Å²) in [5.41, 5.74) is 2.22. The van der Waals surface area contributed by atoms with Gasteiger partial charge in [0.05, 0.1) is 0 Å². The molecule has 0 amide bonds. The van der Waals surface area contributed by atoms with Crippen LogP contribution in [0.15, 0.2) is 23.8 Å². The molecular formula is C46H78O4. The predicted molar refractivity (Wildman–Crippen MR) is 209 cm³/mol. The number of allylic oxidation sites excluding steroid dienone is 3. The van der Waals surface area contributed by atoms with Crippen molar-refractivity contribution in [1.82, 2.24) is 0 Å². The summed E-state index contributed by atoms with van der Waals surface area (Å²) in [7, 11) is 0. The van der Waals surface area contributed by atoms with Crippen LogP contribution >= 0.6 is 0 Å². The minimum Gasteiger partial charge on any atom is -0.430 e. The minimum atomic E-state index is -0.793. The average molecular weight is 695 g/mol. The van der Waals surface area contributed by atoms with Crippen LogP contribution in [0.5, 0.6) is 0 Å². The summed E-state index contributed by atoms with van der Waals surface area (Å²) in [5, 5.41) is 0. The van der Waals surface area contributed by atoms with Gasteiger partial charge in [-0.1, -0.05) is 136 Å². The molecule has 4 heteroatoms. The number of hydrogen-bond acceptors (Lipinski definition) is 4. The first-order valence-corrected chi connectivity index (χ1v) is 21.8. The molecule has 4 rings (SSSR count). The van der Waals surface area contributed by atoms with Crippen LogP contribution in [0.25, 0.3) is 0 Å². The van der Waals surface area contributed by atoms with Gasteiger partial charge in [0.15, 0.2) is 0 Å². The third-order valence-electron chi connectivity index (χ3n) is 14.4. The summed E-state index contributed by atoms with van der Waals surface area (Å²) in [6, 6.07) is 0. The Morgan fingerprint density at radius 3 is 2.18 bits per heavy atom. The summed E-state index contributed by atoms with van der Waals surface area (Å²) < 4.78 is 10.9. The third kappa shape index (κ3) is 11.5. The van der Waals surface area contributed by atoms with Crippen LogP contribution in [0.3, 0.4) is 0 Å². The zero-order valence-electron chi connectivity index (χ0n) is 33.6. The van der Waals surface area contributed by atoms with Crippen LogP contribution in [0, 0.1) is 46.3 Å². The van der Waals surface area contributed by atoms with Crippen molar-refractivity contribution in [2.45, 2.75) is 208 Å². The number of hydrogen-bond donors (Lipinski definition) is 0. The van der Waals surface area contributed by atoms with Crippen molar-refractivity contribution in [1.29, 1.82) is 0 Å². The van der Waals surface area contributed by atoms with Gasteiger partial charge in [-0.25, -0.2) is 4.79 Å². The van der Waals surface area contributed by atoms with Crippen LogP contribution < -0.4 is 0 Å². The highest BCUT2D eigenvalue weighted by atomic mass is 16.7. The van der Waals surface area contributed by atoms with E-state index in [0.29, 0.717) is 11.8 Å². The van der Waals surface area contributed by atoms with E-state index in [4.69, 9.17) is 9.47 Å². The summed E-state index contributed by atoms with van der Waals surface area (Å²) in [6.07, 6.45) is 36.0. The number of rotatable bonds is 21. The topological polar surface area (TPSA) is 52.6 Å². The number of fused-ring (bicyclic) bond motifs is 5. The molecular weight excluding hydrogens is 617 g/mol. The molecule has 0 aromatic heterocycles. The molecule has 4 aliphatic rings. The smallest absolute Gasteiger partial charge is 0.430 e. The van der Waals surface area contributed by atoms with Crippen molar-refractivity contribution >= 4 is 12.1 Å². The molecule has 4 nitrogen and oxygen atoms in total. The van der Waals surface area contributed by atoms with Crippen molar-refractivity contribution < 1.29 is 19.1 Å². The summed E-state index contributed by atoms with van der Waals surface area (Å²) in [4.78, 5) is 25.0. The van der Waals surface area contributed by atoms with Crippen LogP contribution in [0.1, 0.15) is 202 Å². The van der Waals surface area contributed by atoms with Gasteiger partial charge in [0.2, 0.25) is 0 Å². The molecule has 3 saturated carbocycles. The van der Waals surface area contributed by atoms with Crippen molar-refractivity contribution in [2.75, 3.05) is 0 Å². The van der Waals surface area contributed by atoms with E-state index in [1.165, 1.54) is 115 Å². The first-order chi connectivity index (χ1) is 24.1. The second kappa shape index (κ2) is 20.6. The molecule has 3 fully saturated rings. The van der Waals surface area contributed by atoms with Gasteiger partial charge in [0, 0.05) is 12.8 Å². The number of carbonyl (C=O) groups is 2. The van der Waals surface area contributed by atoms with Gasteiger partial charge >= 0.3 is 12.1 Å². The first-order valence-electron chi connectivity index (χ1n) is 21.8. The highest BCUT2D eigenvalue weighted by molar-refractivity contribution is 5.81. The predicted octanol–water partition coefficient (Wildman–Crippen LogP) is 14.1. The lowest BCUT2D eigenvalue weighted by Crippen LogP contribution is -2.51. The minimum absolute atomic E-state index is 0.178. The van der Waals surface area contributed by atoms with Gasteiger partial charge in [-0.3, -0.25) is 4.79 Å². The Bertz CT molecular complexity index is 1090. The molecule has 0 aliphatic heterocycles. The van der Waals surface area contributed by atoms with Crippen molar-refractivity contribution in [3.8, 4) is 0 Å². The van der Waals surface area contributed by atoms with E-state index in [1.54, 1.807) is 0 Å². The Labute approximate surface area is 308 Å². The van der Waals surface area contributed by atoms with E-state index >= 15 is 0 Å². The second-order valence-corrected chi connectivity index (χ2v) is 18.3. The van der Waals surface area contributed by atoms with Gasteiger partial charge in [0.1, 0.15) is 6.10 Å². The molecule has 0 radical (unpaired) electrons. The quantitative estimate of drug-likeness (QED) is 0.0519. The highest BCUT2D eigenvalue weighted by Crippen LogP contribution is 2.67. The fourth-order valence-corrected chi connectivity index (χ4v) is 11.4. The van der Waals surface area contributed by atoms with Crippen LogP contribution in [0.2, 0.25) is 0 Å². The lowest BCUT2D eigenvalue weighted by atomic mass is 9.47. The SMILES string of the molecule is CCCCCCCC/C=C/CCCCCCCC(=O)OC(=O)O[C@H]1CC[C@@]2(C)C(=CC[C@H]3[C@@H]4CC[C@H]([C@H](C)CCCC(C)C)[C@@]4(C)CC[C@@H]32)C1. The number of carbonyl (C=O) groups excluding carboxylic acids is 2. The number of ether oxygens (including phenoxy) is 2. The Hall–Kier alpha value is -1.58. The van der Waals surface area contributed by atoms with E-state index in [1.807, 2.05) is 0 Å². The van der Waals surface area contributed by atoms with Gasteiger partial charge in [-0.2, -0.15) is 0 Å². The van der Waals surface area contributed by atoms with E-state index in [-0.39, 0.29) is 11.5 Å². The molecule has 0 heterocycles. The third-order valence-corrected chi connectivity index (χ3v) is 14.4. The molecule has 50 heavy (non-hydrogen) atoms. The maximum atomic E-state index is 12.6. The maximum Gasteiger partial charge on any atom is 0.516 e. The number of unbranched alkanes of at least 4 members (excludes halogenated alkanes) is 11. The van der Waals surface area contributed by atoms with Gasteiger partial charge in [0.25, 0.3) is 0 Å². The highest BCUT2D eigenvalue weighted by Gasteiger charge is 2.59. The first kappa shape index (κ1) is 41.2. The number of esters is 1. The molecule has 286 valence electrons. The molecule has 4 aliphatic carbocycles. The van der Waals surface area contributed by atoms with Crippen LogP contribution in [-0.2, 0) is 14.3 Å². The Morgan fingerprint density at radius 1 is 0.800 bits per heavy atom. The fraction of sp³-hybridized carbons (Fsp3) is 0.870. The monoisotopic (exact) mass is 695 g/mol. The van der Waals surface area contributed by atoms with Gasteiger partial charge in [-0.05, 0) is 123 Å². The normalized spacial score (nSPS) is 31.2. The maximum absolute atomic E-state index is 12.6. The Morgan fingerprint density at radius 2 is 1.48 bits per heavy atom. The zero-order valence-corrected chi connectivity index (χ0v) is 33.6. The lowest BCUT2D eigenvalue weighted by Gasteiger charge is -2.58. The van der Waals surface area contributed by atoms with Crippen LogP contribution in [0.4, 0.5) is 4.79 Å². The van der Waals surface area contributed by atoms with E-state index in [0.717, 1.165) is 80.5 Å². The molecule has 0 spiro atoms. The molecule has 0 saturated heterocycles. The van der Waals surface area contributed by atoms with Crippen molar-refractivity contribution in [3.63, 3.8) is 0 Å². The Kier molecular flexibility index (Phi) is 17.0. The summed E-state index contributed by atoms with van der Waals surface area (Å²) in [5.74, 6) is 4.49. The molecule has 0 aromatic carbocycles. The van der Waals surface area contributed by atoms with Crippen LogP contribution in [-0.4, -0.2) is 18.2 Å².